The Kier molecular flexibility index (Phi) is 3.26. The van der Waals surface area contributed by atoms with Gasteiger partial charge in [-0.2, -0.15) is 11.8 Å². The minimum atomic E-state index is 0.487. The summed E-state index contributed by atoms with van der Waals surface area (Å²) < 4.78 is 1.53. The van der Waals surface area contributed by atoms with Crippen LogP contribution in [0.15, 0.2) is 16.7 Å². The monoisotopic (exact) mass is 286 g/mol. The van der Waals surface area contributed by atoms with Crippen LogP contribution in [0, 0.1) is 6.92 Å². The first-order valence-electron chi connectivity index (χ1n) is 5.06. The van der Waals surface area contributed by atoms with E-state index in [0.29, 0.717) is 4.75 Å². The zero-order valence-electron chi connectivity index (χ0n) is 9.01. The Hall–Kier alpha value is -0.220. The molecule has 1 aromatic heterocycles. The van der Waals surface area contributed by atoms with E-state index >= 15 is 0 Å². The molecule has 0 bridgehead atoms. The normalized spacial score (nSPS) is 17.5. The van der Waals surface area contributed by atoms with Gasteiger partial charge >= 0.3 is 0 Å². The van der Waals surface area contributed by atoms with Crippen LogP contribution in [0.25, 0.3) is 0 Å². The fraction of sp³-hybridized carbons (Fsp3) is 0.545. The fourth-order valence-corrected chi connectivity index (χ4v) is 2.74. The van der Waals surface area contributed by atoms with Crippen LogP contribution in [0.2, 0.25) is 0 Å². The van der Waals surface area contributed by atoms with E-state index < -0.39 is 0 Å². The van der Waals surface area contributed by atoms with E-state index in [0.717, 1.165) is 16.8 Å². The highest BCUT2D eigenvalue weighted by atomic mass is 79.9. The van der Waals surface area contributed by atoms with Crippen molar-refractivity contribution in [3.05, 3.63) is 22.3 Å². The van der Waals surface area contributed by atoms with Gasteiger partial charge in [0.05, 0.1) is 0 Å². The largest absolute Gasteiger partial charge is 0.368 e. The van der Waals surface area contributed by atoms with E-state index in [-0.39, 0.29) is 0 Å². The van der Waals surface area contributed by atoms with Crippen LogP contribution in [0.1, 0.15) is 18.4 Å². The lowest BCUT2D eigenvalue weighted by Crippen LogP contribution is -2.18. The first-order valence-corrected chi connectivity index (χ1v) is 7.08. The smallest absolute Gasteiger partial charge is 0.128 e. The molecule has 4 heteroatoms. The molecular weight excluding hydrogens is 272 g/mol. The molecular formula is C11H15BrN2S. The summed E-state index contributed by atoms with van der Waals surface area (Å²) in [4.78, 5) is 4.38. The van der Waals surface area contributed by atoms with Crippen LogP contribution >= 0.6 is 27.7 Å². The maximum atomic E-state index is 4.38. The van der Waals surface area contributed by atoms with E-state index in [1.54, 1.807) is 0 Å². The topological polar surface area (TPSA) is 24.9 Å². The van der Waals surface area contributed by atoms with Crippen LogP contribution < -0.4 is 5.32 Å². The molecule has 15 heavy (non-hydrogen) atoms. The maximum absolute atomic E-state index is 4.38. The second kappa shape index (κ2) is 4.34. The lowest BCUT2D eigenvalue weighted by Gasteiger charge is -2.14. The highest BCUT2D eigenvalue weighted by molar-refractivity contribution is 9.10. The average Bonchev–Trinajstić information content (AvgIpc) is 2.97. The van der Waals surface area contributed by atoms with Gasteiger partial charge in [-0.25, -0.2) is 4.98 Å². The highest BCUT2D eigenvalue weighted by Gasteiger charge is 2.41. The quantitative estimate of drug-likeness (QED) is 0.918. The Labute approximate surface area is 103 Å². The molecule has 0 radical (unpaired) electrons. The van der Waals surface area contributed by atoms with Crippen molar-refractivity contribution >= 4 is 33.5 Å². The first-order chi connectivity index (χ1) is 7.15. The summed E-state index contributed by atoms with van der Waals surface area (Å²) in [6.07, 6.45) is 6.69. The number of hydrogen-bond acceptors (Lipinski definition) is 3. The third-order valence-corrected chi connectivity index (χ3v) is 4.72. The van der Waals surface area contributed by atoms with Gasteiger partial charge in [-0.05, 0) is 53.6 Å². The van der Waals surface area contributed by atoms with Gasteiger partial charge < -0.3 is 5.32 Å². The van der Waals surface area contributed by atoms with Gasteiger partial charge in [0.1, 0.15) is 5.82 Å². The summed E-state index contributed by atoms with van der Waals surface area (Å²) in [7, 11) is 0. The van der Waals surface area contributed by atoms with E-state index in [2.05, 4.69) is 45.5 Å². The molecule has 1 N–H and O–H groups in total. The first kappa shape index (κ1) is 11.3. The number of nitrogens with zero attached hydrogens (tertiary/aromatic N) is 1. The molecule has 1 aliphatic carbocycles. The fourth-order valence-electron chi connectivity index (χ4n) is 1.56. The van der Waals surface area contributed by atoms with E-state index in [1.807, 2.05) is 18.0 Å². The number of rotatable bonds is 4. The highest BCUT2D eigenvalue weighted by Crippen LogP contribution is 2.47. The summed E-state index contributed by atoms with van der Waals surface area (Å²) in [6.45, 7) is 3.11. The van der Waals surface area contributed by atoms with Crippen LogP contribution in [0.5, 0.6) is 0 Å². The number of aromatic nitrogens is 1. The lowest BCUT2D eigenvalue weighted by atomic mass is 10.3. The molecule has 0 atom stereocenters. The molecule has 1 aliphatic rings. The molecule has 1 fully saturated rings. The molecule has 82 valence electrons. The van der Waals surface area contributed by atoms with Gasteiger partial charge in [0.15, 0.2) is 0 Å². The Balaban J connectivity index is 1.99. The second-order valence-electron chi connectivity index (χ2n) is 4.06. The van der Waals surface area contributed by atoms with Gasteiger partial charge in [-0.3, -0.25) is 0 Å². The maximum Gasteiger partial charge on any atom is 0.128 e. The van der Waals surface area contributed by atoms with Crippen molar-refractivity contribution in [3.63, 3.8) is 0 Å². The van der Waals surface area contributed by atoms with Crippen LogP contribution in [0.4, 0.5) is 5.82 Å². The number of anilines is 1. The number of halogens is 1. The predicted octanol–water partition coefficient (Wildman–Crippen LogP) is 3.46. The molecule has 0 aromatic carbocycles. The van der Waals surface area contributed by atoms with Crippen LogP contribution in [0.3, 0.4) is 0 Å². The molecule has 1 heterocycles. The number of hydrogen-bond donors (Lipinski definition) is 1. The predicted molar refractivity (Wildman–Crippen MR) is 70.6 cm³/mol. The Morgan fingerprint density at radius 2 is 2.33 bits per heavy atom. The molecule has 0 spiro atoms. The number of aryl methyl sites for hydroxylation is 1. The summed E-state index contributed by atoms with van der Waals surface area (Å²) in [5.41, 5.74) is 1.20. The van der Waals surface area contributed by atoms with Crippen molar-refractivity contribution in [1.29, 1.82) is 0 Å². The molecule has 1 saturated carbocycles. The van der Waals surface area contributed by atoms with E-state index in [9.17, 15) is 0 Å². The number of pyridine rings is 1. The minimum Gasteiger partial charge on any atom is -0.368 e. The molecule has 2 nitrogen and oxygen atoms in total. The lowest BCUT2D eigenvalue weighted by molar-refractivity contribution is 0.937. The Morgan fingerprint density at radius 3 is 2.87 bits per heavy atom. The third kappa shape index (κ3) is 2.67. The average molecular weight is 287 g/mol. The van der Waals surface area contributed by atoms with Gasteiger partial charge in [-0.15, -0.1) is 0 Å². The van der Waals surface area contributed by atoms with Crippen molar-refractivity contribution < 1.29 is 0 Å². The van der Waals surface area contributed by atoms with Gasteiger partial charge in [0.2, 0.25) is 0 Å². The van der Waals surface area contributed by atoms with Crippen molar-refractivity contribution in [2.75, 3.05) is 18.1 Å². The van der Waals surface area contributed by atoms with Crippen molar-refractivity contribution in [2.24, 2.45) is 0 Å². The third-order valence-electron chi connectivity index (χ3n) is 2.86. The minimum absolute atomic E-state index is 0.487. The molecule has 2 rings (SSSR count). The number of nitrogens with one attached hydrogen (secondary N) is 1. The number of thioether (sulfide) groups is 1. The van der Waals surface area contributed by atoms with E-state index in [4.69, 9.17) is 0 Å². The standard InChI is InChI=1S/C11H15BrN2S/c1-8-5-9(12)6-13-10(8)14-7-11(15-2)3-4-11/h5-6H,3-4,7H2,1-2H3,(H,13,14). The van der Waals surface area contributed by atoms with Crippen LogP contribution in [-0.2, 0) is 0 Å². The van der Waals surface area contributed by atoms with Gasteiger partial charge in [-0.1, -0.05) is 0 Å². The van der Waals surface area contributed by atoms with Gasteiger partial charge in [0.25, 0.3) is 0 Å². The van der Waals surface area contributed by atoms with Crippen LogP contribution in [-0.4, -0.2) is 22.5 Å². The van der Waals surface area contributed by atoms with Crippen molar-refractivity contribution in [1.82, 2.24) is 4.98 Å². The zero-order valence-corrected chi connectivity index (χ0v) is 11.4. The summed E-state index contributed by atoms with van der Waals surface area (Å²) in [6, 6.07) is 2.09. The zero-order chi connectivity index (χ0) is 10.9. The summed E-state index contributed by atoms with van der Waals surface area (Å²) in [5.74, 6) is 1.01. The molecule has 0 saturated heterocycles. The Morgan fingerprint density at radius 1 is 1.60 bits per heavy atom. The molecule has 1 aromatic rings. The molecule has 0 aliphatic heterocycles. The SMILES string of the molecule is CSC1(CNc2ncc(Br)cc2C)CC1. The molecule has 0 unspecified atom stereocenters. The van der Waals surface area contributed by atoms with E-state index in [1.165, 1.54) is 18.4 Å². The Bertz CT molecular complexity index is 364. The second-order valence-corrected chi connectivity index (χ2v) is 6.25. The van der Waals surface area contributed by atoms with Crippen molar-refractivity contribution in [2.45, 2.75) is 24.5 Å². The summed E-state index contributed by atoms with van der Waals surface area (Å²) in [5, 5.41) is 3.44. The molecule has 0 amide bonds. The summed E-state index contributed by atoms with van der Waals surface area (Å²) >= 11 is 5.39. The van der Waals surface area contributed by atoms with Crippen molar-refractivity contribution in [3.8, 4) is 0 Å². The van der Waals surface area contributed by atoms with Gasteiger partial charge in [0, 0.05) is 22.0 Å².